The van der Waals surface area contributed by atoms with E-state index in [0.29, 0.717) is 30.3 Å². The zero-order chi connectivity index (χ0) is 31.2. The van der Waals surface area contributed by atoms with Crippen LogP contribution in [-0.4, -0.2) is 66.1 Å². The maximum absolute atomic E-state index is 12.8. The number of carboxylic acid groups (broad SMARTS) is 1. The van der Waals surface area contributed by atoms with Crippen LogP contribution < -0.4 is 4.74 Å². The fourth-order valence-corrected chi connectivity index (χ4v) is 5.92. The number of carboxylic acids is 1. The van der Waals surface area contributed by atoms with Gasteiger partial charge in [0.1, 0.15) is 18.0 Å². The van der Waals surface area contributed by atoms with Crippen LogP contribution in [0.3, 0.4) is 0 Å². The Balaban J connectivity index is 0.000000541. The predicted octanol–water partition coefficient (Wildman–Crippen LogP) is 4.94. The Kier molecular flexibility index (Phi) is 9.71. The Hall–Kier alpha value is -4.43. The molecule has 1 aliphatic rings. The van der Waals surface area contributed by atoms with Gasteiger partial charge in [0.05, 0.1) is 24.1 Å². The van der Waals surface area contributed by atoms with Crippen molar-refractivity contribution >= 4 is 33.0 Å². The first-order chi connectivity index (χ1) is 20.4. The summed E-state index contributed by atoms with van der Waals surface area (Å²) in [5.74, 6) is -2.36. The van der Waals surface area contributed by atoms with E-state index in [9.17, 15) is 26.4 Å². The monoisotopic (exact) mass is 619 g/mol. The first-order valence-electron chi connectivity index (χ1n) is 13.0. The summed E-state index contributed by atoms with van der Waals surface area (Å²) in [7, 11) is -2.07. The number of benzene rings is 2. The molecule has 5 rings (SSSR count). The van der Waals surface area contributed by atoms with Crippen molar-refractivity contribution in [2.75, 3.05) is 20.2 Å². The molecule has 0 unspecified atom stereocenters. The van der Waals surface area contributed by atoms with E-state index in [1.807, 2.05) is 48.5 Å². The van der Waals surface area contributed by atoms with Gasteiger partial charge in [0.15, 0.2) is 0 Å². The van der Waals surface area contributed by atoms with Gasteiger partial charge >= 0.3 is 18.1 Å². The van der Waals surface area contributed by atoms with Gasteiger partial charge in [0.2, 0.25) is 10.0 Å². The molecule has 14 heteroatoms. The molecule has 43 heavy (non-hydrogen) atoms. The van der Waals surface area contributed by atoms with Crippen LogP contribution in [-0.2, 0) is 37.4 Å². The molecule has 3 heterocycles. The molecule has 2 N–H and O–H groups in total. The number of aromatic amines is 1. The van der Waals surface area contributed by atoms with Crippen LogP contribution in [0.25, 0.3) is 22.2 Å². The van der Waals surface area contributed by atoms with Crippen molar-refractivity contribution in [2.24, 2.45) is 0 Å². The average molecular weight is 620 g/mol. The van der Waals surface area contributed by atoms with Crippen LogP contribution in [0.2, 0.25) is 0 Å². The van der Waals surface area contributed by atoms with Gasteiger partial charge in [-0.15, -0.1) is 0 Å². The highest BCUT2D eigenvalue weighted by Gasteiger charge is 2.38. The number of aliphatic carboxylic acids is 1. The molecule has 2 aromatic heterocycles. The summed E-state index contributed by atoms with van der Waals surface area (Å²) in [6, 6.07) is 18.3. The molecule has 0 bridgehead atoms. The number of carbonyl (C=O) groups excluding carboxylic acids is 1. The lowest BCUT2D eigenvalue weighted by Crippen LogP contribution is -2.27. The fourth-order valence-electron chi connectivity index (χ4n) is 4.40. The van der Waals surface area contributed by atoms with Gasteiger partial charge in [-0.25, -0.2) is 18.2 Å². The molecule has 0 atom stereocenters. The first kappa shape index (κ1) is 31.5. The van der Waals surface area contributed by atoms with Crippen LogP contribution in [0.1, 0.15) is 24.1 Å². The molecule has 228 valence electrons. The smallest absolute Gasteiger partial charge is 0.487 e. The summed E-state index contributed by atoms with van der Waals surface area (Å²) in [6.07, 6.45) is -1.31. The number of fused-ring (bicyclic) bond motifs is 1. The average Bonchev–Trinajstić information content (AvgIpc) is 3.67. The van der Waals surface area contributed by atoms with Gasteiger partial charge in [-0.2, -0.15) is 17.5 Å². The normalized spacial score (nSPS) is 13.8. The number of sulfonamides is 1. The van der Waals surface area contributed by atoms with Crippen molar-refractivity contribution in [3.63, 3.8) is 0 Å². The second-order valence-electron chi connectivity index (χ2n) is 9.54. The molecule has 2 aromatic carbocycles. The number of halogens is 3. The summed E-state index contributed by atoms with van der Waals surface area (Å²) in [4.78, 5) is 28.4. The fraction of sp³-hybridized carbons (Fsp3) is 0.276. The Bertz CT molecular complexity index is 1680. The second kappa shape index (κ2) is 13.3. The molecule has 10 nitrogen and oxygen atoms in total. The summed E-state index contributed by atoms with van der Waals surface area (Å²) in [5.41, 5.74) is 4.31. The number of ether oxygens (including phenoxy) is 2. The van der Waals surface area contributed by atoms with Crippen LogP contribution in [0.4, 0.5) is 13.2 Å². The van der Waals surface area contributed by atoms with Crippen molar-refractivity contribution in [1.29, 1.82) is 0 Å². The molecule has 0 saturated carbocycles. The molecular formula is C29H28F3N3O7S. The van der Waals surface area contributed by atoms with E-state index in [2.05, 4.69) is 9.97 Å². The third kappa shape index (κ3) is 7.90. The number of esters is 1. The number of nitrogens with one attached hydrogen (secondary N) is 1. The van der Waals surface area contributed by atoms with E-state index in [-0.39, 0.29) is 12.4 Å². The third-order valence-corrected chi connectivity index (χ3v) is 8.50. The summed E-state index contributed by atoms with van der Waals surface area (Å²) in [6.45, 7) is 1.49. The second-order valence-corrected chi connectivity index (χ2v) is 11.5. The minimum atomic E-state index is -5.08. The molecule has 0 spiro atoms. The highest BCUT2D eigenvalue weighted by Crippen LogP contribution is 2.30. The van der Waals surface area contributed by atoms with Crippen LogP contribution in [0, 0.1) is 0 Å². The third-order valence-electron chi connectivity index (χ3n) is 6.59. The topological polar surface area (TPSA) is 139 Å². The number of pyridine rings is 1. The van der Waals surface area contributed by atoms with Crippen LogP contribution >= 0.6 is 0 Å². The number of H-pyrrole nitrogens is 1. The number of hydrogen-bond donors (Lipinski definition) is 2. The minimum absolute atomic E-state index is 0.221. The molecule has 0 radical (unpaired) electrons. The number of aromatic nitrogens is 2. The van der Waals surface area contributed by atoms with Crippen LogP contribution in [0.15, 0.2) is 71.8 Å². The predicted molar refractivity (Wildman–Crippen MR) is 150 cm³/mol. The summed E-state index contributed by atoms with van der Waals surface area (Å²) in [5, 5.41) is 8.06. The Morgan fingerprint density at radius 3 is 2.23 bits per heavy atom. The van der Waals surface area contributed by atoms with E-state index < -0.39 is 22.2 Å². The van der Waals surface area contributed by atoms with Crippen molar-refractivity contribution in [3.8, 4) is 16.9 Å². The molecular weight excluding hydrogens is 591 g/mol. The van der Waals surface area contributed by atoms with Crippen molar-refractivity contribution < 1.29 is 45.8 Å². The highest BCUT2D eigenvalue weighted by molar-refractivity contribution is 7.89. The standard InChI is InChI=1S/C27H27N3O5S.C2HF3O2/c1-34-26(31)16-19-4-8-22(9-5-19)35-18-21-17-25-24(12-13-28-27(25)29-21)20-6-10-23(11-7-20)36(32,33)30-14-2-3-15-30;3-2(4,5)1(6)7/h4-13,17H,2-3,14-16,18H2,1H3,(H,28,29);(H,6,7). The lowest BCUT2D eigenvalue weighted by atomic mass is 10.0. The lowest BCUT2D eigenvalue weighted by Gasteiger charge is -2.15. The first-order valence-corrected chi connectivity index (χ1v) is 14.5. The Labute approximate surface area is 245 Å². The number of nitrogens with zero attached hydrogens (tertiary/aromatic N) is 2. The van der Waals surface area contributed by atoms with E-state index in [1.54, 1.807) is 22.6 Å². The number of hydrogen-bond acceptors (Lipinski definition) is 7. The SMILES string of the molecule is COC(=O)Cc1ccc(OCc2cc3c(-c4ccc(S(=O)(=O)N5CCCC5)cc4)ccnc3[nH]2)cc1.O=C(O)C(F)(F)F. The zero-order valence-electron chi connectivity index (χ0n) is 22.9. The van der Waals surface area contributed by atoms with Gasteiger partial charge < -0.3 is 19.6 Å². The molecule has 1 fully saturated rings. The van der Waals surface area contributed by atoms with E-state index in [0.717, 1.165) is 46.3 Å². The molecule has 0 aliphatic carbocycles. The van der Waals surface area contributed by atoms with Gasteiger partial charge in [-0.3, -0.25) is 4.79 Å². The van der Waals surface area contributed by atoms with E-state index >= 15 is 0 Å². The van der Waals surface area contributed by atoms with Crippen molar-refractivity contribution in [1.82, 2.24) is 14.3 Å². The Morgan fingerprint density at radius 2 is 1.65 bits per heavy atom. The van der Waals surface area contributed by atoms with Gasteiger partial charge in [-0.1, -0.05) is 24.3 Å². The summed E-state index contributed by atoms with van der Waals surface area (Å²) >= 11 is 0. The molecule has 4 aromatic rings. The van der Waals surface area contributed by atoms with E-state index in [1.165, 1.54) is 7.11 Å². The highest BCUT2D eigenvalue weighted by atomic mass is 32.2. The lowest BCUT2D eigenvalue weighted by molar-refractivity contribution is -0.192. The van der Waals surface area contributed by atoms with Gasteiger partial charge in [-0.05, 0) is 65.9 Å². The maximum Gasteiger partial charge on any atom is 0.490 e. The number of rotatable bonds is 8. The number of carbonyl (C=O) groups is 2. The van der Waals surface area contributed by atoms with Gasteiger partial charge in [0, 0.05) is 24.7 Å². The number of alkyl halides is 3. The maximum atomic E-state index is 12.8. The number of methoxy groups -OCH3 is 1. The molecule has 1 saturated heterocycles. The summed E-state index contributed by atoms with van der Waals surface area (Å²) < 4.78 is 69.6. The zero-order valence-corrected chi connectivity index (χ0v) is 23.7. The van der Waals surface area contributed by atoms with Crippen molar-refractivity contribution in [3.05, 3.63) is 78.1 Å². The minimum Gasteiger partial charge on any atom is -0.487 e. The molecule has 1 aliphatic heterocycles. The molecule has 0 amide bonds. The van der Waals surface area contributed by atoms with E-state index in [4.69, 9.17) is 19.4 Å². The Morgan fingerprint density at radius 1 is 1.02 bits per heavy atom. The quantitative estimate of drug-likeness (QED) is 0.265. The van der Waals surface area contributed by atoms with Crippen LogP contribution in [0.5, 0.6) is 5.75 Å². The van der Waals surface area contributed by atoms with Gasteiger partial charge in [0.25, 0.3) is 0 Å². The van der Waals surface area contributed by atoms with Crippen molar-refractivity contribution in [2.45, 2.75) is 36.9 Å². The largest absolute Gasteiger partial charge is 0.490 e.